The van der Waals surface area contributed by atoms with E-state index in [4.69, 9.17) is 0 Å². The number of nitro benzene ring substituents is 1. The molecule has 0 fully saturated rings. The maximum Gasteiger partial charge on any atom is 0.271 e. The van der Waals surface area contributed by atoms with Gasteiger partial charge >= 0.3 is 0 Å². The lowest BCUT2D eigenvalue weighted by Crippen LogP contribution is -2.19. The Morgan fingerprint density at radius 3 is 2.95 bits per heavy atom. The van der Waals surface area contributed by atoms with Crippen LogP contribution in [0.25, 0.3) is 0 Å². The summed E-state index contributed by atoms with van der Waals surface area (Å²) in [6, 6.07) is 4.27. The number of tetrazole rings is 1. The molecule has 98 valence electrons. The molecule has 1 N–H and O–H groups in total. The van der Waals surface area contributed by atoms with Crippen LogP contribution >= 0.6 is 0 Å². The molecule has 1 heterocycles. The number of rotatable bonds is 4. The van der Waals surface area contributed by atoms with E-state index in [1.54, 1.807) is 13.0 Å². The van der Waals surface area contributed by atoms with E-state index in [0.29, 0.717) is 5.69 Å². The molecule has 0 saturated carbocycles. The minimum Gasteiger partial charge on any atom is -0.324 e. The van der Waals surface area contributed by atoms with Crippen molar-refractivity contribution in [2.75, 3.05) is 5.32 Å². The lowest BCUT2D eigenvalue weighted by molar-refractivity contribution is -0.384. The minimum atomic E-state index is -0.517. The number of aromatic nitrogens is 4. The molecule has 1 amide bonds. The van der Waals surface area contributed by atoms with Gasteiger partial charge in [0.2, 0.25) is 5.91 Å². The summed E-state index contributed by atoms with van der Waals surface area (Å²) >= 11 is 0. The summed E-state index contributed by atoms with van der Waals surface area (Å²) in [6.45, 7) is 1.69. The molecule has 0 saturated heterocycles. The van der Waals surface area contributed by atoms with Crippen LogP contribution in [-0.4, -0.2) is 31.0 Å². The van der Waals surface area contributed by atoms with E-state index in [9.17, 15) is 14.9 Å². The fourth-order valence-corrected chi connectivity index (χ4v) is 1.45. The van der Waals surface area contributed by atoms with Crippen molar-refractivity contribution >= 4 is 17.3 Å². The molecule has 0 radical (unpaired) electrons. The molecular weight excluding hydrogens is 252 g/mol. The number of non-ortho nitro benzene ring substituents is 1. The number of carbonyl (C=O) groups is 1. The molecule has 1 aromatic carbocycles. The first-order valence-corrected chi connectivity index (χ1v) is 5.32. The molecule has 9 nitrogen and oxygen atoms in total. The van der Waals surface area contributed by atoms with Crippen molar-refractivity contribution < 1.29 is 9.72 Å². The van der Waals surface area contributed by atoms with Crippen molar-refractivity contribution in [1.29, 1.82) is 0 Å². The lowest BCUT2D eigenvalue weighted by atomic mass is 10.2. The van der Waals surface area contributed by atoms with E-state index >= 15 is 0 Å². The summed E-state index contributed by atoms with van der Waals surface area (Å²) in [7, 11) is 0. The van der Waals surface area contributed by atoms with Gasteiger partial charge in [-0.2, -0.15) is 0 Å². The standard InChI is InChI=1S/C10H10N6O3/c1-7-2-3-8(16(18)19)4-9(7)12-10(17)5-15-6-11-13-14-15/h2-4,6H,5H2,1H3,(H,12,17). The molecular formula is C10H10N6O3. The summed E-state index contributed by atoms with van der Waals surface area (Å²) in [5.74, 6) is -0.365. The van der Waals surface area contributed by atoms with Crippen molar-refractivity contribution in [3.8, 4) is 0 Å². The maximum absolute atomic E-state index is 11.7. The Morgan fingerprint density at radius 2 is 2.32 bits per heavy atom. The second-order valence-electron chi connectivity index (χ2n) is 3.81. The van der Waals surface area contributed by atoms with Gasteiger partial charge in [0.05, 0.1) is 10.6 Å². The zero-order valence-corrected chi connectivity index (χ0v) is 9.98. The smallest absolute Gasteiger partial charge is 0.271 e. The Labute approximate surface area is 107 Å². The summed E-state index contributed by atoms with van der Waals surface area (Å²) in [4.78, 5) is 21.9. The number of anilines is 1. The Balaban J connectivity index is 2.11. The van der Waals surface area contributed by atoms with Gasteiger partial charge in [-0.15, -0.1) is 5.10 Å². The van der Waals surface area contributed by atoms with Gasteiger partial charge < -0.3 is 5.32 Å². The summed E-state index contributed by atoms with van der Waals surface area (Å²) in [5.41, 5.74) is 1.05. The van der Waals surface area contributed by atoms with Crippen molar-refractivity contribution in [2.24, 2.45) is 0 Å². The number of aryl methyl sites for hydroxylation is 1. The quantitative estimate of drug-likeness (QED) is 0.634. The van der Waals surface area contributed by atoms with E-state index in [-0.39, 0.29) is 18.1 Å². The Morgan fingerprint density at radius 1 is 1.53 bits per heavy atom. The van der Waals surface area contributed by atoms with E-state index in [1.807, 2.05) is 0 Å². The van der Waals surface area contributed by atoms with Crippen LogP contribution in [0.5, 0.6) is 0 Å². The molecule has 19 heavy (non-hydrogen) atoms. The third-order valence-corrected chi connectivity index (χ3v) is 2.40. The molecule has 0 unspecified atom stereocenters. The maximum atomic E-state index is 11.7. The molecule has 0 spiro atoms. The van der Waals surface area contributed by atoms with Crippen LogP contribution in [-0.2, 0) is 11.3 Å². The van der Waals surface area contributed by atoms with Crippen molar-refractivity contribution in [2.45, 2.75) is 13.5 Å². The second kappa shape index (κ2) is 5.21. The fraction of sp³-hybridized carbons (Fsp3) is 0.200. The predicted molar refractivity (Wildman–Crippen MR) is 64.3 cm³/mol. The average molecular weight is 262 g/mol. The number of nitrogens with zero attached hydrogens (tertiary/aromatic N) is 5. The first-order valence-electron chi connectivity index (χ1n) is 5.32. The molecule has 2 aromatic rings. The van der Waals surface area contributed by atoms with Gasteiger partial charge in [-0.3, -0.25) is 14.9 Å². The molecule has 2 rings (SSSR count). The highest BCUT2D eigenvalue weighted by Crippen LogP contribution is 2.21. The van der Waals surface area contributed by atoms with Crippen LogP contribution in [0.1, 0.15) is 5.56 Å². The zero-order valence-electron chi connectivity index (χ0n) is 9.98. The lowest BCUT2D eigenvalue weighted by Gasteiger charge is -2.07. The predicted octanol–water partition coefficient (Wildman–Crippen LogP) is 0.528. The van der Waals surface area contributed by atoms with Gasteiger partial charge in [-0.25, -0.2) is 4.68 Å². The second-order valence-corrected chi connectivity index (χ2v) is 3.81. The van der Waals surface area contributed by atoms with Gasteiger partial charge in [0.15, 0.2) is 0 Å². The molecule has 0 bridgehead atoms. The highest BCUT2D eigenvalue weighted by atomic mass is 16.6. The normalized spacial score (nSPS) is 10.2. The number of nitrogens with one attached hydrogen (secondary N) is 1. The zero-order chi connectivity index (χ0) is 13.8. The largest absolute Gasteiger partial charge is 0.324 e. The first kappa shape index (κ1) is 12.6. The van der Waals surface area contributed by atoms with Gasteiger partial charge in [0.1, 0.15) is 12.9 Å². The molecule has 1 aromatic heterocycles. The average Bonchev–Trinajstić information content (AvgIpc) is 2.84. The topological polar surface area (TPSA) is 116 Å². The number of amides is 1. The van der Waals surface area contributed by atoms with Crippen LogP contribution in [0.4, 0.5) is 11.4 Å². The van der Waals surface area contributed by atoms with Crippen molar-refractivity contribution in [1.82, 2.24) is 20.2 Å². The van der Waals surface area contributed by atoms with E-state index in [1.165, 1.54) is 23.1 Å². The highest BCUT2D eigenvalue weighted by Gasteiger charge is 2.11. The first-order chi connectivity index (χ1) is 9.06. The summed E-state index contributed by atoms with van der Waals surface area (Å²) < 4.78 is 1.25. The summed E-state index contributed by atoms with van der Waals surface area (Å²) in [6.07, 6.45) is 1.31. The van der Waals surface area contributed by atoms with Crippen LogP contribution in [0.2, 0.25) is 0 Å². The number of hydrogen-bond donors (Lipinski definition) is 1. The summed E-state index contributed by atoms with van der Waals surface area (Å²) in [5, 5.41) is 23.6. The van der Waals surface area contributed by atoms with E-state index in [0.717, 1.165) is 5.56 Å². The number of carbonyl (C=O) groups excluding carboxylic acids is 1. The van der Waals surface area contributed by atoms with Gasteiger partial charge in [0.25, 0.3) is 5.69 Å². The monoisotopic (exact) mass is 262 g/mol. The van der Waals surface area contributed by atoms with Crippen LogP contribution in [0.3, 0.4) is 0 Å². The number of benzene rings is 1. The highest BCUT2D eigenvalue weighted by molar-refractivity contribution is 5.91. The van der Waals surface area contributed by atoms with Crippen molar-refractivity contribution in [3.63, 3.8) is 0 Å². The SMILES string of the molecule is Cc1ccc([N+](=O)[O-])cc1NC(=O)Cn1cnnn1. The van der Waals surface area contributed by atoms with Gasteiger partial charge in [-0.1, -0.05) is 6.07 Å². The van der Waals surface area contributed by atoms with Gasteiger partial charge in [0, 0.05) is 12.1 Å². The molecule has 0 aliphatic heterocycles. The fourth-order valence-electron chi connectivity index (χ4n) is 1.45. The molecule has 9 heteroatoms. The van der Waals surface area contributed by atoms with E-state index in [2.05, 4.69) is 20.8 Å². The Bertz CT molecular complexity index is 610. The van der Waals surface area contributed by atoms with Crippen LogP contribution in [0, 0.1) is 17.0 Å². The van der Waals surface area contributed by atoms with Crippen LogP contribution < -0.4 is 5.32 Å². The van der Waals surface area contributed by atoms with Crippen molar-refractivity contribution in [3.05, 3.63) is 40.2 Å². The number of hydrogen-bond acceptors (Lipinski definition) is 6. The molecule has 0 atom stereocenters. The molecule has 0 aliphatic rings. The third kappa shape index (κ3) is 3.09. The van der Waals surface area contributed by atoms with Gasteiger partial charge in [-0.05, 0) is 22.9 Å². The Hall–Kier alpha value is -2.84. The molecule has 0 aliphatic carbocycles. The van der Waals surface area contributed by atoms with E-state index < -0.39 is 4.92 Å². The Kier molecular flexibility index (Phi) is 3.46. The minimum absolute atomic E-state index is 0.0604. The van der Waals surface area contributed by atoms with Crippen LogP contribution in [0.15, 0.2) is 24.5 Å². The number of nitro groups is 1. The third-order valence-electron chi connectivity index (χ3n) is 2.40.